The first-order valence-corrected chi connectivity index (χ1v) is 6.31. The summed E-state index contributed by atoms with van der Waals surface area (Å²) in [6, 6.07) is 1.42. The molecular weight excluding hydrogens is 262 g/mol. The molecule has 20 heavy (non-hydrogen) atoms. The summed E-state index contributed by atoms with van der Waals surface area (Å²) < 4.78 is 6.26. The molecule has 0 fully saturated rings. The van der Waals surface area contributed by atoms with Crippen LogP contribution in [0.25, 0.3) is 11.0 Å². The molecule has 0 unspecified atom stereocenters. The highest BCUT2D eigenvalue weighted by Gasteiger charge is 2.16. The van der Waals surface area contributed by atoms with Crippen LogP contribution in [0.2, 0.25) is 0 Å². The number of H-pyrrole nitrogens is 1. The molecular formula is C13H15N3O4. The number of aromatic nitrogens is 3. The predicted octanol–water partition coefficient (Wildman–Crippen LogP) is 0.590. The van der Waals surface area contributed by atoms with Crippen molar-refractivity contribution in [2.75, 3.05) is 6.61 Å². The fourth-order valence-electron chi connectivity index (χ4n) is 2.00. The SMILES string of the molecule is CCOC(=O)c1cc2c(=O)[nH]c(=O)n(CC)c2nc1C. The molecule has 0 aliphatic carbocycles. The van der Waals surface area contributed by atoms with E-state index in [4.69, 9.17) is 4.74 Å². The molecule has 0 saturated carbocycles. The molecule has 2 rings (SSSR count). The average Bonchev–Trinajstić information content (AvgIpc) is 2.38. The quantitative estimate of drug-likeness (QED) is 0.829. The number of hydrogen-bond acceptors (Lipinski definition) is 5. The van der Waals surface area contributed by atoms with Gasteiger partial charge in [0.05, 0.1) is 23.3 Å². The van der Waals surface area contributed by atoms with Crippen LogP contribution >= 0.6 is 0 Å². The van der Waals surface area contributed by atoms with Crippen LogP contribution < -0.4 is 11.2 Å². The zero-order valence-corrected chi connectivity index (χ0v) is 11.5. The smallest absolute Gasteiger partial charge is 0.339 e. The molecule has 0 aliphatic rings. The van der Waals surface area contributed by atoms with Gasteiger partial charge in [0.2, 0.25) is 0 Å². The monoisotopic (exact) mass is 277 g/mol. The Morgan fingerprint density at radius 2 is 2.10 bits per heavy atom. The minimum atomic E-state index is -0.562. The molecule has 0 amide bonds. The minimum Gasteiger partial charge on any atom is -0.462 e. The Morgan fingerprint density at radius 3 is 2.70 bits per heavy atom. The third-order valence-corrected chi connectivity index (χ3v) is 2.97. The van der Waals surface area contributed by atoms with E-state index in [1.165, 1.54) is 10.6 Å². The maximum Gasteiger partial charge on any atom is 0.339 e. The first-order valence-electron chi connectivity index (χ1n) is 6.31. The number of nitrogens with one attached hydrogen (secondary N) is 1. The summed E-state index contributed by atoms with van der Waals surface area (Å²) in [6.07, 6.45) is 0. The van der Waals surface area contributed by atoms with E-state index in [1.54, 1.807) is 20.8 Å². The van der Waals surface area contributed by atoms with Crippen molar-refractivity contribution in [2.45, 2.75) is 27.3 Å². The van der Waals surface area contributed by atoms with Crippen molar-refractivity contribution in [3.63, 3.8) is 0 Å². The number of pyridine rings is 1. The summed E-state index contributed by atoms with van der Waals surface area (Å²) in [4.78, 5) is 41.8. The van der Waals surface area contributed by atoms with E-state index in [1.807, 2.05) is 0 Å². The lowest BCUT2D eigenvalue weighted by Gasteiger charge is -2.09. The Balaban J connectivity index is 2.81. The van der Waals surface area contributed by atoms with Gasteiger partial charge < -0.3 is 4.74 Å². The molecule has 0 aromatic carbocycles. The summed E-state index contributed by atoms with van der Waals surface area (Å²) in [5.41, 5.74) is -0.158. The molecule has 106 valence electrons. The number of rotatable bonds is 3. The van der Waals surface area contributed by atoms with Gasteiger partial charge in [-0.05, 0) is 26.8 Å². The van der Waals surface area contributed by atoms with Crippen molar-refractivity contribution in [2.24, 2.45) is 0 Å². The summed E-state index contributed by atoms with van der Waals surface area (Å²) in [5, 5.41) is 0.195. The lowest BCUT2D eigenvalue weighted by Crippen LogP contribution is -2.31. The van der Waals surface area contributed by atoms with Gasteiger partial charge in [-0.2, -0.15) is 0 Å². The van der Waals surface area contributed by atoms with E-state index >= 15 is 0 Å². The summed E-state index contributed by atoms with van der Waals surface area (Å²) in [5.74, 6) is -0.534. The maximum absolute atomic E-state index is 11.9. The number of nitrogens with zero attached hydrogens (tertiary/aromatic N) is 2. The Labute approximate surface area is 114 Å². The lowest BCUT2D eigenvalue weighted by molar-refractivity contribution is 0.0525. The van der Waals surface area contributed by atoms with Crippen LogP contribution in [0.15, 0.2) is 15.7 Å². The van der Waals surface area contributed by atoms with Crippen LogP contribution in [0.5, 0.6) is 0 Å². The number of hydrogen-bond donors (Lipinski definition) is 1. The number of carbonyl (C=O) groups is 1. The minimum absolute atomic E-state index is 0.195. The second-order valence-corrected chi connectivity index (χ2v) is 4.22. The highest BCUT2D eigenvalue weighted by Crippen LogP contribution is 2.13. The normalized spacial score (nSPS) is 10.8. The van der Waals surface area contributed by atoms with Gasteiger partial charge in [0.15, 0.2) is 0 Å². The van der Waals surface area contributed by atoms with Gasteiger partial charge in [-0.25, -0.2) is 14.6 Å². The van der Waals surface area contributed by atoms with Gasteiger partial charge in [0.25, 0.3) is 5.56 Å². The molecule has 0 radical (unpaired) electrons. The van der Waals surface area contributed by atoms with E-state index in [0.717, 1.165) is 0 Å². The molecule has 0 saturated heterocycles. The largest absolute Gasteiger partial charge is 0.462 e. The number of fused-ring (bicyclic) bond motifs is 1. The van der Waals surface area contributed by atoms with Crippen LogP contribution in [-0.2, 0) is 11.3 Å². The topological polar surface area (TPSA) is 94.0 Å². The van der Waals surface area contributed by atoms with E-state index in [-0.39, 0.29) is 23.2 Å². The van der Waals surface area contributed by atoms with Gasteiger partial charge in [0, 0.05) is 6.54 Å². The van der Waals surface area contributed by atoms with Gasteiger partial charge in [-0.15, -0.1) is 0 Å². The zero-order valence-electron chi connectivity index (χ0n) is 11.5. The Kier molecular flexibility index (Phi) is 3.69. The first kappa shape index (κ1) is 14.0. The van der Waals surface area contributed by atoms with E-state index < -0.39 is 17.2 Å². The number of aromatic amines is 1. The molecule has 0 aliphatic heterocycles. The van der Waals surface area contributed by atoms with Crippen molar-refractivity contribution >= 4 is 17.0 Å². The molecule has 1 N–H and O–H groups in total. The standard InChI is InChI=1S/C13H15N3O4/c1-4-16-10-9(11(17)15-13(16)19)6-8(7(3)14-10)12(18)20-5-2/h6H,4-5H2,1-3H3,(H,15,17,19). The van der Waals surface area contributed by atoms with Gasteiger partial charge in [-0.1, -0.05) is 0 Å². The molecule has 7 nitrogen and oxygen atoms in total. The number of ether oxygens (including phenoxy) is 1. The zero-order chi connectivity index (χ0) is 14.9. The number of esters is 1. The number of carbonyl (C=O) groups excluding carboxylic acids is 1. The van der Waals surface area contributed by atoms with Gasteiger partial charge >= 0.3 is 11.7 Å². The van der Waals surface area contributed by atoms with Crippen LogP contribution in [-0.4, -0.2) is 27.1 Å². The van der Waals surface area contributed by atoms with Crippen LogP contribution in [0.3, 0.4) is 0 Å². The highest BCUT2D eigenvalue weighted by atomic mass is 16.5. The van der Waals surface area contributed by atoms with Gasteiger partial charge in [0.1, 0.15) is 5.65 Å². The Morgan fingerprint density at radius 1 is 1.40 bits per heavy atom. The van der Waals surface area contributed by atoms with Crippen LogP contribution in [0.4, 0.5) is 0 Å². The molecule has 2 aromatic heterocycles. The van der Waals surface area contributed by atoms with Crippen molar-refractivity contribution in [1.82, 2.24) is 14.5 Å². The third kappa shape index (κ3) is 2.22. The summed E-state index contributed by atoms with van der Waals surface area (Å²) >= 11 is 0. The van der Waals surface area contributed by atoms with E-state index in [0.29, 0.717) is 12.2 Å². The molecule has 0 bridgehead atoms. The molecule has 2 aromatic rings. The first-order chi connectivity index (χ1) is 9.49. The Bertz CT molecular complexity index is 789. The summed E-state index contributed by atoms with van der Waals surface area (Å²) in [7, 11) is 0. The second-order valence-electron chi connectivity index (χ2n) is 4.22. The number of aryl methyl sites for hydroxylation is 2. The van der Waals surface area contributed by atoms with Crippen molar-refractivity contribution in [1.29, 1.82) is 0 Å². The summed E-state index contributed by atoms with van der Waals surface area (Å²) in [6.45, 7) is 5.72. The van der Waals surface area contributed by atoms with Crippen molar-refractivity contribution < 1.29 is 9.53 Å². The van der Waals surface area contributed by atoms with E-state index in [9.17, 15) is 14.4 Å². The molecule has 2 heterocycles. The molecule has 7 heteroatoms. The third-order valence-electron chi connectivity index (χ3n) is 2.97. The molecule has 0 atom stereocenters. The highest BCUT2D eigenvalue weighted by molar-refractivity contribution is 5.94. The van der Waals surface area contributed by atoms with Crippen LogP contribution in [0, 0.1) is 6.92 Å². The van der Waals surface area contributed by atoms with Crippen molar-refractivity contribution in [3.8, 4) is 0 Å². The van der Waals surface area contributed by atoms with Crippen molar-refractivity contribution in [3.05, 3.63) is 38.2 Å². The second kappa shape index (κ2) is 5.28. The average molecular weight is 277 g/mol. The fourth-order valence-corrected chi connectivity index (χ4v) is 2.00. The fraction of sp³-hybridized carbons (Fsp3) is 0.385. The van der Waals surface area contributed by atoms with Gasteiger partial charge in [-0.3, -0.25) is 14.3 Å². The van der Waals surface area contributed by atoms with Crippen LogP contribution in [0.1, 0.15) is 29.9 Å². The Hall–Kier alpha value is -2.44. The lowest BCUT2D eigenvalue weighted by atomic mass is 10.1. The molecule has 0 spiro atoms. The van der Waals surface area contributed by atoms with E-state index in [2.05, 4.69) is 9.97 Å². The predicted molar refractivity (Wildman–Crippen MR) is 73.0 cm³/mol. The maximum atomic E-state index is 11.9.